The largest absolute Gasteiger partial charge is 0.371 e. The van der Waals surface area contributed by atoms with E-state index in [9.17, 15) is 8.42 Å². The van der Waals surface area contributed by atoms with E-state index in [0.29, 0.717) is 25.0 Å². The SMILES string of the molecule is CS(=O)(=O)C1(c2cc(N3CC4CCC(C3)O4)nn3c(-c4ccnn4PI)nc(I)c23)CC1. The second-order valence-electron chi connectivity index (χ2n) is 8.74. The summed E-state index contributed by atoms with van der Waals surface area (Å²) in [5, 5.41) is 9.42. The highest BCUT2D eigenvalue weighted by Crippen LogP contribution is 2.54. The number of hydrogen-bond acceptors (Lipinski definition) is 7. The molecule has 3 atom stereocenters. The van der Waals surface area contributed by atoms with Crippen LogP contribution >= 0.6 is 51.0 Å². The molecule has 13 heteroatoms. The number of nitrogens with zero attached hydrogens (tertiary/aromatic N) is 6. The van der Waals surface area contributed by atoms with Gasteiger partial charge < -0.3 is 9.64 Å². The number of rotatable bonds is 5. The van der Waals surface area contributed by atoms with Gasteiger partial charge in [-0.2, -0.15) is 5.10 Å². The lowest BCUT2D eigenvalue weighted by molar-refractivity contribution is 0.0301. The monoisotopic (exact) mass is 698 g/mol. The number of hydrogen-bond donors (Lipinski definition) is 0. The van der Waals surface area contributed by atoms with Crippen LogP contribution in [0.4, 0.5) is 5.82 Å². The van der Waals surface area contributed by atoms with E-state index in [-0.39, 0.29) is 12.2 Å². The highest BCUT2D eigenvalue weighted by atomic mass is 127. The van der Waals surface area contributed by atoms with E-state index in [1.165, 1.54) is 6.26 Å². The number of ether oxygens (including phenoxy) is 1. The van der Waals surface area contributed by atoms with E-state index >= 15 is 0 Å². The summed E-state index contributed by atoms with van der Waals surface area (Å²) in [7, 11) is -3.30. The van der Waals surface area contributed by atoms with Gasteiger partial charge in [0.05, 0.1) is 29.5 Å². The molecule has 32 heavy (non-hydrogen) atoms. The zero-order chi connectivity index (χ0) is 22.3. The maximum absolute atomic E-state index is 12.9. The maximum atomic E-state index is 12.9. The molecule has 170 valence electrons. The van der Waals surface area contributed by atoms with Gasteiger partial charge in [0.2, 0.25) is 0 Å². The molecule has 3 unspecified atom stereocenters. The molecular formula is C19H21I2N6O3PS. The second kappa shape index (κ2) is 7.72. The van der Waals surface area contributed by atoms with Crippen LogP contribution in [0.2, 0.25) is 0 Å². The van der Waals surface area contributed by atoms with Crippen molar-refractivity contribution >= 4 is 72.2 Å². The molecule has 2 bridgehead atoms. The molecule has 3 aromatic rings. The minimum atomic E-state index is -3.30. The van der Waals surface area contributed by atoms with Crippen LogP contribution in [0.3, 0.4) is 0 Å². The first-order valence-electron chi connectivity index (χ1n) is 10.4. The van der Waals surface area contributed by atoms with Gasteiger partial charge in [0.15, 0.2) is 15.7 Å². The number of aromatic nitrogens is 5. The normalized spacial score (nSPS) is 24.8. The predicted octanol–water partition coefficient (Wildman–Crippen LogP) is 3.39. The van der Waals surface area contributed by atoms with Crippen molar-refractivity contribution in [3.8, 4) is 11.5 Å². The number of sulfone groups is 1. The number of anilines is 1. The van der Waals surface area contributed by atoms with Crippen molar-refractivity contribution in [2.75, 3.05) is 24.2 Å². The van der Waals surface area contributed by atoms with Crippen molar-refractivity contribution in [3.63, 3.8) is 0 Å². The van der Waals surface area contributed by atoms with Gasteiger partial charge in [-0.1, -0.05) is 0 Å². The van der Waals surface area contributed by atoms with Gasteiger partial charge in [-0.05, 0) is 82.4 Å². The first-order valence-corrected chi connectivity index (χ1v) is 17.4. The zero-order valence-electron chi connectivity index (χ0n) is 17.2. The smallest absolute Gasteiger partial charge is 0.181 e. The zero-order valence-corrected chi connectivity index (χ0v) is 23.3. The van der Waals surface area contributed by atoms with Gasteiger partial charge in [0.1, 0.15) is 20.7 Å². The fourth-order valence-electron chi connectivity index (χ4n) is 5.00. The average molecular weight is 698 g/mol. The molecule has 0 N–H and O–H groups in total. The van der Waals surface area contributed by atoms with Crippen LogP contribution in [-0.4, -0.2) is 64.1 Å². The molecular weight excluding hydrogens is 677 g/mol. The Balaban J connectivity index is 1.60. The lowest BCUT2D eigenvalue weighted by atomic mass is 10.1. The number of fused-ring (bicyclic) bond motifs is 3. The molecule has 3 aromatic heterocycles. The quantitative estimate of drug-likeness (QED) is 0.298. The number of imidazole rings is 1. The third-order valence-electron chi connectivity index (χ3n) is 6.77. The maximum Gasteiger partial charge on any atom is 0.181 e. The summed E-state index contributed by atoms with van der Waals surface area (Å²) in [5.41, 5.74) is 2.47. The Morgan fingerprint density at radius 3 is 2.59 bits per heavy atom. The average Bonchev–Trinajstić information content (AvgIpc) is 3.20. The van der Waals surface area contributed by atoms with Crippen molar-refractivity contribution in [1.82, 2.24) is 24.1 Å². The fourth-order valence-corrected chi connectivity index (χ4v) is 8.68. The van der Waals surface area contributed by atoms with E-state index in [0.717, 1.165) is 52.2 Å². The van der Waals surface area contributed by atoms with Crippen LogP contribution in [0.5, 0.6) is 0 Å². The minimum Gasteiger partial charge on any atom is -0.371 e. The summed E-state index contributed by atoms with van der Waals surface area (Å²) in [5.74, 6) is 1.48. The summed E-state index contributed by atoms with van der Waals surface area (Å²) in [4.78, 5) is 7.09. The van der Waals surface area contributed by atoms with Gasteiger partial charge in [-0.25, -0.2) is 22.4 Å². The molecule has 0 radical (unpaired) electrons. The topological polar surface area (TPSA) is 94.6 Å². The van der Waals surface area contributed by atoms with E-state index in [4.69, 9.17) is 14.8 Å². The number of halogens is 2. The molecule has 5 heterocycles. The molecule has 2 aliphatic heterocycles. The first kappa shape index (κ1) is 21.9. The van der Waals surface area contributed by atoms with Crippen LogP contribution in [0.15, 0.2) is 18.3 Å². The summed E-state index contributed by atoms with van der Waals surface area (Å²) in [6.07, 6.45) is 7.34. The molecule has 1 aliphatic carbocycles. The van der Waals surface area contributed by atoms with Crippen LogP contribution in [0.1, 0.15) is 31.2 Å². The van der Waals surface area contributed by atoms with Gasteiger partial charge in [-0.3, -0.25) is 0 Å². The summed E-state index contributed by atoms with van der Waals surface area (Å²) < 4.78 is 35.5. The van der Waals surface area contributed by atoms with Crippen LogP contribution in [-0.2, 0) is 19.3 Å². The van der Waals surface area contributed by atoms with E-state index in [1.807, 2.05) is 21.1 Å². The Morgan fingerprint density at radius 2 is 1.97 bits per heavy atom. The first-order chi connectivity index (χ1) is 15.3. The van der Waals surface area contributed by atoms with Gasteiger partial charge in [0.25, 0.3) is 0 Å². The lowest BCUT2D eigenvalue weighted by Crippen LogP contribution is -2.43. The third-order valence-corrected chi connectivity index (χ3v) is 11.5. The Morgan fingerprint density at radius 1 is 1.25 bits per heavy atom. The highest BCUT2D eigenvalue weighted by molar-refractivity contribution is 14.2. The molecule has 0 spiro atoms. The Hall–Kier alpha value is -0.570. The molecule has 0 aromatic carbocycles. The highest BCUT2D eigenvalue weighted by Gasteiger charge is 2.55. The molecule has 9 nitrogen and oxygen atoms in total. The second-order valence-corrected chi connectivity index (χ2v) is 14.1. The Bertz CT molecular complexity index is 1330. The minimum absolute atomic E-state index is 0.212. The van der Waals surface area contributed by atoms with Crippen molar-refractivity contribution in [3.05, 3.63) is 27.6 Å². The molecule has 3 fully saturated rings. The van der Waals surface area contributed by atoms with E-state index < -0.39 is 14.6 Å². The molecule has 6 rings (SSSR count). The molecule has 2 saturated heterocycles. The Kier molecular flexibility index (Phi) is 5.29. The third kappa shape index (κ3) is 3.34. The fraction of sp³-hybridized carbons (Fsp3) is 0.526. The Labute approximate surface area is 214 Å². The standard InChI is InChI=1S/C19H21I2N6O3PS/c1-32(28,29)19(5-6-19)13-8-15(25-9-11-2-3-12(10-25)30-11)24-26-16(13)17(20)23-18(26)14-4-7-22-27(14)31-21/h4,7-8,11-12,31H,2-3,5-6,9-10H2,1H3. The van der Waals surface area contributed by atoms with Crippen molar-refractivity contribution in [2.24, 2.45) is 0 Å². The molecule has 1 saturated carbocycles. The lowest BCUT2D eigenvalue weighted by Gasteiger charge is -2.33. The van der Waals surface area contributed by atoms with Crippen LogP contribution < -0.4 is 4.90 Å². The van der Waals surface area contributed by atoms with Gasteiger partial charge in [-0.15, -0.1) is 5.10 Å². The van der Waals surface area contributed by atoms with E-state index in [2.05, 4.69) is 54.6 Å². The van der Waals surface area contributed by atoms with Gasteiger partial charge in [0, 0.05) is 24.9 Å². The van der Waals surface area contributed by atoms with Crippen LogP contribution in [0, 0.1) is 3.70 Å². The van der Waals surface area contributed by atoms with Crippen molar-refractivity contribution in [1.29, 1.82) is 0 Å². The van der Waals surface area contributed by atoms with Crippen molar-refractivity contribution < 1.29 is 13.2 Å². The van der Waals surface area contributed by atoms with Crippen LogP contribution in [0.25, 0.3) is 17.0 Å². The summed E-state index contributed by atoms with van der Waals surface area (Å²) >= 11 is 4.50. The molecule has 0 amide bonds. The van der Waals surface area contributed by atoms with E-state index in [1.54, 1.807) is 6.20 Å². The predicted molar refractivity (Wildman–Crippen MR) is 141 cm³/mol. The van der Waals surface area contributed by atoms with Gasteiger partial charge >= 0.3 is 0 Å². The molecule has 3 aliphatic rings. The summed E-state index contributed by atoms with van der Waals surface area (Å²) in [6, 6.07) is 3.93. The summed E-state index contributed by atoms with van der Waals surface area (Å²) in [6.45, 7) is 1.54. The van der Waals surface area contributed by atoms with Crippen molar-refractivity contribution in [2.45, 2.75) is 42.6 Å². The number of morpholine rings is 1.